The molecule has 0 radical (unpaired) electrons. The predicted octanol–water partition coefficient (Wildman–Crippen LogP) is 4.37. The van der Waals surface area contributed by atoms with Gasteiger partial charge in [-0.15, -0.1) is 0 Å². The molecule has 1 saturated heterocycles. The van der Waals surface area contributed by atoms with Gasteiger partial charge in [-0.05, 0) is 51.4 Å². The van der Waals surface area contributed by atoms with Gasteiger partial charge in [-0.1, -0.05) is 20.8 Å². The van der Waals surface area contributed by atoms with Crippen molar-refractivity contribution in [3.8, 4) is 0 Å². The second-order valence-corrected chi connectivity index (χ2v) is 10.3. The summed E-state index contributed by atoms with van der Waals surface area (Å²) >= 11 is 0. The Labute approximate surface area is 163 Å². The number of rotatable bonds is 10. The van der Waals surface area contributed by atoms with Gasteiger partial charge in [-0.25, -0.2) is 8.78 Å². The molecule has 2 aliphatic rings. The van der Waals surface area contributed by atoms with Crippen LogP contribution in [0.1, 0.15) is 60.8 Å². The molecule has 0 bridgehead atoms. The topological polar surface area (TPSA) is 30.9 Å². The van der Waals surface area contributed by atoms with Gasteiger partial charge in [0, 0.05) is 31.8 Å². The highest BCUT2D eigenvalue weighted by Crippen LogP contribution is 2.42. The molecule has 4 nitrogen and oxygen atoms in total. The molecule has 1 saturated carbocycles. The van der Waals surface area contributed by atoms with Crippen LogP contribution in [0.4, 0.5) is 8.78 Å². The molecule has 0 atom stereocenters. The lowest BCUT2D eigenvalue weighted by Crippen LogP contribution is -2.60. The molecule has 6 heteroatoms. The summed E-state index contributed by atoms with van der Waals surface area (Å²) in [5, 5.41) is 0. The Bertz CT molecular complexity index is 447. The van der Waals surface area contributed by atoms with Crippen LogP contribution in [0.15, 0.2) is 0 Å². The summed E-state index contributed by atoms with van der Waals surface area (Å²) in [6.07, 6.45) is 3.10. The van der Waals surface area contributed by atoms with Gasteiger partial charge in [0.15, 0.2) is 0 Å². The molecule has 27 heavy (non-hydrogen) atoms. The van der Waals surface area contributed by atoms with Crippen LogP contribution in [0.5, 0.6) is 0 Å². The highest BCUT2D eigenvalue weighted by Gasteiger charge is 2.39. The number of alkyl halides is 2. The summed E-state index contributed by atoms with van der Waals surface area (Å²) < 4.78 is 43.9. The summed E-state index contributed by atoms with van der Waals surface area (Å²) in [5.74, 6) is -2.21. The van der Waals surface area contributed by atoms with E-state index in [0.717, 1.165) is 31.8 Å². The van der Waals surface area contributed by atoms with E-state index in [1.54, 1.807) is 0 Å². The number of nitrogens with zero attached hydrogens (tertiary/aromatic N) is 1. The highest BCUT2D eigenvalue weighted by molar-refractivity contribution is 4.90. The molecule has 1 heterocycles. The first kappa shape index (κ1) is 23.0. The van der Waals surface area contributed by atoms with Crippen molar-refractivity contribution in [2.75, 3.05) is 39.5 Å². The molecule has 0 amide bonds. The summed E-state index contributed by atoms with van der Waals surface area (Å²) in [7, 11) is 0. The van der Waals surface area contributed by atoms with Crippen molar-refractivity contribution in [3.05, 3.63) is 0 Å². The number of hydrogen-bond donors (Lipinski definition) is 0. The van der Waals surface area contributed by atoms with Gasteiger partial charge in [-0.2, -0.15) is 0 Å². The Morgan fingerprint density at radius 1 is 0.852 bits per heavy atom. The number of hydrogen-bond acceptors (Lipinski definition) is 4. The Morgan fingerprint density at radius 2 is 1.48 bits per heavy atom. The normalized spacial score (nSPS) is 25.3. The van der Waals surface area contributed by atoms with E-state index >= 15 is 0 Å². The first-order valence-electron chi connectivity index (χ1n) is 10.3. The van der Waals surface area contributed by atoms with E-state index in [4.69, 9.17) is 14.2 Å². The van der Waals surface area contributed by atoms with Crippen LogP contribution in [0.25, 0.3) is 0 Å². The lowest BCUT2D eigenvalue weighted by Gasteiger charge is -2.47. The minimum absolute atomic E-state index is 0.0701. The van der Waals surface area contributed by atoms with Gasteiger partial charge in [0.2, 0.25) is 0 Å². The molecule has 2 fully saturated rings. The Kier molecular flexibility index (Phi) is 7.68. The van der Waals surface area contributed by atoms with Crippen LogP contribution in [-0.4, -0.2) is 68.1 Å². The van der Waals surface area contributed by atoms with Gasteiger partial charge in [0.05, 0.1) is 12.2 Å². The summed E-state index contributed by atoms with van der Waals surface area (Å²) in [4.78, 5) is 2.22. The molecule has 0 aromatic rings. The van der Waals surface area contributed by atoms with E-state index in [1.165, 1.54) is 0 Å². The molecule has 160 valence electrons. The van der Waals surface area contributed by atoms with E-state index in [0.29, 0.717) is 31.2 Å². The predicted molar refractivity (Wildman–Crippen MR) is 103 cm³/mol. The van der Waals surface area contributed by atoms with E-state index in [-0.39, 0.29) is 11.6 Å². The van der Waals surface area contributed by atoms with Gasteiger partial charge in [0.1, 0.15) is 13.2 Å². The second-order valence-electron chi connectivity index (χ2n) is 10.3. The highest BCUT2D eigenvalue weighted by atomic mass is 19.3. The third-order valence-electron chi connectivity index (χ3n) is 5.75. The van der Waals surface area contributed by atoms with E-state index < -0.39 is 19.1 Å². The summed E-state index contributed by atoms with van der Waals surface area (Å²) in [5.41, 5.74) is 0.418. The number of halogens is 2. The zero-order valence-corrected chi connectivity index (χ0v) is 18.0. The zero-order chi connectivity index (χ0) is 20.3. The van der Waals surface area contributed by atoms with Crippen molar-refractivity contribution in [2.24, 2.45) is 11.3 Å². The van der Waals surface area contributed by atoms with Crippen molar-refractivity contribution < 1.29 is 23.0 Å². The first-order chi connectivity index (χ1) is 12.4. The fraction of sp³-hybridized carbons (Fsp3) is 1.00. The van der Waals surface area contributed by atoms with Crippen LogP contribution in [-0.2, 0) is 14.2 Å². The molecule has 0 unspecified atom stereocenters. The van der Waals surface area contributed by atoms with Crippen LogP contribution in [0.2, 0.25) is 0 Å². The van der Waals surface area contributed by atoms with Crippen molar-refractivity contribution in [3.63, 3.8) is 0 Å². The molecule has 1 aliphatic carbocycles. The number of likely N-dealkylation sites (tertiary alicyclic amines) is 1. The maximum Gasteiger partial charge on any atom is 0.293 e. The van der Waals surface area contributed by atoms with Crippen molar-refractivity contribution in [1.29, 1.82) is 0 Å². The maximum absolute atomic E-state index is 13.8. The van der Waals surface area contributed by atoms with Gasteiger partial charge < -0.3 is 14.2 Å². The smallest absolute Gasteiger partial charge is 0.293 e. The fourth-order valence-electron chi connectivity index (χ4n) is 3.41. The van der Waals surface area contributed by atoms with Crippen molar-refractivity contribution in [2.45, 2.75) is 84.5 Å². The Hall–Kier alpha value is -0.300. The van der Waals surface area contributed by atoms with Crippen molar-refractivity contribution in [1.82, 2.24) is 4.90 Å². The summed E-state index contributed by atoms with van der Waals surface area (Å²) in [6, 6.07) is 0. The molecule has 2 rings (SSSR count). The maximum atomic E-state index is 13.8. The van der Waals surface area contributed by atoms with Crippen LogP contribution in [0.3, 0.4) is 0 Å². The van der Waals surface area contributed by atoms with Crippen LogP contribution in [0, 0.1) is 11.3 Å². The largest absolute Gasteiger partial charge is 0.378 e. The van der Waals surface area contributed by atoms with E-state index in [2.05, 4.69) is 46.4 Å². The Morgan fingerprint density at radius 3 is 2.04 bits per heavy atom. The second kappa shape index (κ2) is 9.02. The molecule has 1 aliphatic heterocycles. The van der Waals surface area contributed by atoms with E-state index in [1.807, 2.05) is 0 Å². The van der Waals surface area contributed by atoms with Crippen LogP contribution >= 0.6 is 0 Å². The van der Waals surface area contributed by atoms with Crippen LogP contribution < -0.4 is 0 Å². The molecule has 0 aromatic carbocycles. The average molecular weight is 392 g/mol. The van der Waals surface area contributed by atoms with Gasteiger partial charge in [-0.3, -0.25) is 4.90 Å². The molecular weight excluding hydrogens is 352 g/mol. The standard InChI is InChI=1S/C21H39F2NO3/c1-19(2,3)16-10-17(11-16)26-9-7-8-25-14-21(22,23)15-27-18-12-24(13-18)20(4,5)6/h16-18H,7-15H2,1-6H3. The van der Waals surface area contributed by atoms with E-state index in [9.17, 15) is 8.78 Å². The molecule has 0 spiro atoms. The Balaban J connectivity index is 1.45. The average Bonchev–Trinajstić information content (AvgIpc) is 2.39. The molecule has 0 aromatic heterocycles. The molecule has 0 N–H and O–H groups in total. The minimum Gasteiger partial charge on any atom is -0.378 e. The minimum atomic E-state index is -2.93. The quantitative estimate of drug-likeness (QED) is 0.518. The first-order valence-corrected chi connectivity index (χ1v) is 10.3. The van der Waals surface area contributed by atoms with Crippen molar-refractivity contribution >= 4 is 0 Å². The zero-order valence-electron chi connectivity index (χ0n) is 18.0. The third-order valence-corrected chi connectivity index (χ3v) is 5.75. The SMILES string of the molecule is CC(C)(C)C1CC(OCCCOCC(F)(F)COC2CN(C(C)(C)C)C2)C1. The number of ether oxygens (including phenoxy) is 3. The monoisotopic (exact) mass is 391 g/mol. The van der Waals surface area contributed by atoms with Gasteiger partial charge >= 0.3 is 0 Å². The van der Waals surface area contributed by atoms with Gasteiger partial charge in [0.25, 0.3) is 5.92 Å². The lowest BCUT2D eigenvalue weighted by atomic mass is 9.67. The molecular formula is C21H39F2NO3. The third kappa shape index (κ3) is 7.56. The lowest BCUT2D eigenvalue weighted by molar-refractivity contribution is -0.167. The fourth-order valence-corrected chi connectivity index (χ4v) is 3.41. The summed E-state index contributed by atoms with van der Waals surface area (Å²) in [6.45, 7) is 14.3.